The number of hydrazine groups is 1. The van der Waals surface area contributed by atoms with Crippen LogP contribution in [0.25, 0.3) is 0 Å². The maximum Gasteiger partial charge on any atom is 0.0975 e. The SMILES string of the molecule is C=C(NCCCC)N1CCN(C2=CCC(CN(N)CCC)[C@H](CC)N2)CC1. The normalized spacial score (nSPS) is 23.2. The smallest absolute Gasteiger partial charge is 0.0975 e. The Bertz CT molecular complexity index is 469. The van der Waals surface area contributed by atoms with Crippen LogP contribution in [-0.2, 0) is 0 Å². The first-order chi connectivity index (χ1) is 13.1. The third kappa shape index (κ3) is 6.61. The van der Waals surface area contributed by atoms with E-state index in [0.29, 0.717) is 12.0 Å². The highest BCUT2D eigenvalue weighted by Gasteiger charge is 2.28. The maximum atomic E-state index is 6.15. The van der Waals surface area contributed by atoms with Crippen LogP contribution in [0.4, 0.5) is 0 Å². The minimum atomic E-state index is 0.511. The van der Waals surface area contributed by atoms with Crippen molar-refractivity contribution in [3.8, 4) is 0 Å². The molecule has 0 radical (unpaired) electrons. The summed E-state index contributed by atoms with van der Waals surface area (Å²) in [6.07, 6.45) is 8.17. The molecule has 0 bridgehead atoms. The van der Waals surface area contributed by atoms with Crippen molar-refractivity contribution in [2.24, 2.45) is 11.8 Å². The van der Waals surface area contributed by atoms with Gasteiger partial charge in [0.1, 0.15) is 0 Å². The second kappa shape index (κ2) is 11.4. The van der Waals surface area contributed by atoms with Crippen molar-refractivity contribution in [3.63, 3.8) is 0 Å². The molecule has 2 aliphatic rings. The number of nitrogens with two attached hydrogens (primary N) is 1. The lowest BCUT2D eigenvalue weighted by Crippen LogP contribution is -2.53. The second-order valence-electron chi connectivity index (χ2n) is 7.94. The fraction of sp³-hybridized carbons (Fsp3) is 0.810. The summed E-state index contributed by atoms with van der Waals surface area (Å²) in [5.41, 5.74) is 0. The van der Waals surface area contributed by atoms with E-state index in [9.17, 15) is 0 Å². The molecule has 0 aliphatic carbocycles. The molecule has 156 valence electrons. The van der Waals surface area contributed by atoms with E-state index in [2.05, 4.69) is 53.9 Å². The second-order valence-corrected chi connectivity index (χ2v) is 7.94. The molecule has 0 amide bonds. The molecule has 0 saturated carbocycles. The summed E-state index contributed by atoms with van der Waals surface area (Å²) < 4.78 is 0. The Hall–Kier alpha value is -1.40. The van der Waals surface area contributed by atoms with Crippen molar-refractivity contribution in [2.75, 3.05) is 45.8 Å². The number of hydrogen-bond donors (Lipinski definition) is 3. The van der Waals surface area contributed by atoms with E-state index in [1.54, 1.807) is 0 Å². The lowest BCUT2D eigenvalue weighted by atomic mass is 9.90. The van der Waals surface area contributed by atoms with Crippen LogP contribution in [0.3, 0.4) is 0 Å². The third-order valence-corrected chi connectivity index (χ3v) is 5.80. The Morgan fingerprint density at radius 3 is 2.63 bits per heavy atom. The monoisotopic (exact) mass is 378 g/mol. The molecule has 4 N–H and O–H groups in total. The van der Waals surface area contributed by atoms with E-state index in [0.717, 1.165) is 70.9 Å². The van der Waals surface area contributed by atoms with Crippen molar-refractivity contribution in [3.05, 3.63) is 24.3 Å². The highest BCUT2D eigenvalue weighted by Crippen LogP contribution is 2.23. The van der Waals surface area contributed by atoms with Crippen LogP contribution in [0.1, 0.15) is 52.9 Å². The van der Waals surface area contributed by atoms with Crippen LogP contribution >= 0.6 is 0 Å². The Labute approximate surface area is 166 Å². The van der Waals surface area contributed by atoms with Crippen LogP contribution in [0.15, 0.2) is 24.3 Å². The lowest BCUT2D eigenvalue weighted by molar-refractivity contribution is 0.151. The minimum absolute atomic E-state index is 0.511. The quantitative estimate of drug-likeness (QED) is 0.291. The Balaban J connectivity index is 1.82. The molecule has 2 heterocycles. The van der Waals surface area contributed by atoms with Gasteiger partial charge in [-0.05, 0) is 37.7 Å². The average Bonchev–Trinajstić information content (AvgIpc) is 2.68. The third-order valence-electron chi connectivity index (χ3n) is 5.80. The number of rotatable bonds is 11. The molecule has 27 heavy (non-hydrogen) atoms. The number of nitrogens with zero attached hydrogens (tertiary/aromatic N) is 3. The highest BCUT2D eigenvalue weighted by molar-refractivity contribution is 5.09. The van der Waals surface area contributed by atoms with Gasteiger partial charge in [-0.2, -0.15) is 0 Å². The molecule has 6 heteroatoms. The Morgan fingerprint density at radius 1 is 1.26 bits per heavy atom. The number of nitrogens with one attached hydrogen (secondary N) is 2. The van der Waals surface area contributed by atoms with Gasteiger partial charge in [0.05, 0.1) is 11.6 Å². The van der Waals surface area contributed by atoms with Gasteiger partial charge in [-0.3, -0.25) is 5.84 Å². The van der Waals surface area contributed by atoms with E-state index in [-0.39, 0.29) is 0 Å². The van der Waals surface area contributed by atoms with E-state index in [1.165, 1.54) is 18.7 Å². The summed E-state index contributed by atoms with van der Waals surface area (Å²) in [5.74, 6) is 9.15. The molecule has 0 aromatic heterocycles. The number of hydrogen-bond acceptors (Lipinski definition) is 6. The van der Waals surface area contributed by atoms with Crippen LogP contribution < -0.4 is 16.5 Å². The molecule has 1 unspecified atom stereocenters. The first-order valence-electron chi connectivity index (χ1n) is 11.0. The molecule has 1 saturated heterocycles. The van der Waals surface area contributed by atoms with Crippen LogP contribution in [0.2, 0.25) is 0 Å². The van der Waals surface area contributed by atoms with Gasteiger partial charge >= 0.3 is 0 Å². The molecule has 2 atom stereocenters. The topological polar surface area (TPSA) is 59.8 Å². The van der Waals surface area contributed by atoms with Gasteiger partial charge in [-0.25, -0.2) is 5.01 Å². The van der Waals surface area contributed by atoms with E-state index >= 15 is 0 Å². The van der Waals surface area contributed by atoms with Gasteiger partial charge in [0.2, 0.25) is 0 Å². The lowest BCUT2D eigenvalue weighted by Gasteiger charge is -2.43. The number of unbranched alkanes of at least 4 members (excludes halogenated alkanes) is 1. The number of piperazine rings is 1. The molecule has 2 aliphatic heterocycles. The summed E-state index contributed by atoms with van der Waals surface area (Å²) >= 11 is 0. The van der Waals surface area contributed by atoms with Crippen LogP contribution in [-0.4, -0.2) is 66.7 Å². The van der Waals surface area contributed by atoms with Gasteiger partial charge in [-0.1, -0.05) is 33.8 Å². The average molecular weight is 379 g/mol. The minimum Gasteiger partial charge on any atom is -0.372 e. The first-order valence-corrected chi connectivity index (χ1v) is 11.0. The first kappa shape index (κ1) is 21.9. The van der Waals surface area contributed by atoms with Crippen molar-refractivity contribution in [2.45, 2.75) is 58.9 Å². The summed E-state index contributed by atoms with van der Waals surface area (Å²) in [6.45, 7) is 18.0. The standard InChI is InChI=1S/C21H42N6/c1-5-8-11-23-18(4)25-13-15-26(16-14-25)21-10-9-19(20(7-3)24-21)17-27(22)12-6-2/h10,19-20,23-24H,4-9,11-17,22H2,1-3H3/t19?,20-/m0/s1. The van der Waals surface area contributed by atoms with Crippen molar-refractivity contribution in [1.82, 2.24) is 25.4 Å². The van der Waals surface area contributed by atoms with Crippen molar-refractivity contribution in [1.29, 1.82) is 0 Å². The Morgan fingerprint density at radius 2 is 2.00 bits per heavy atom. The number of allylic oxidation sites excluding steroid dienone is 1. The van der Waals surface area contributed by atoms with Crippen molar-refractivity contribution < 1.29 is 0 Å². The molecular weight excluding hydrogens is 336 g/mol. The molecule has 6 nitrogen and oxygen atoms in total. The van der Waals surface area contributed by atoms with Crippen LogP contribution in [0.5, 0.6) is 0 Å². The maximum absolute atomic E-state index is 6.15. The summed E-state index contributed by atoms with van der Waals surface area (Å²) in [7, 11) is 0. The van der Waals surface area contributed by atoms with E-state index in [1.807, 2.05) is 5.01 Å². The van der Waals surface area contributed by atoms with Gasteiger partial charge in [-0.15, -0.1) is 0 Å². The van der Waals surface area contributed by atoms with E-state index < -0.39 is 0 Å². The molecule has 1 fully saturated rings. The zero-order chi connectivity index (χ0) is 19.6. The van der Waals surface area contributed by atoms with Gasteiger partial charge in [0.25, 0.3) is 0 Å². The molecular formula is C21H42N6. The summed E-state index contributed by atoms with van der Waals surface area (Å²) in [4.78, 5) is 4.88. The van der Waals surface area contributed by atoms with Gasteiger partial charge in [0.15, 0.2) is 0 Å². The predicted octanol–water partition coefficient (Wildman–Crippen LogP) is 2.28. The summed E-state index contributed by atoms with van der Waals surface area (Å²) in [5, 5.41) is 9.26. The Kier molecular flexibility index (Phi) is 9.28. The fourth-order valence-electron chi connectivity index (χ4n) is 4.07. The summed E-state index contributed by atoms with van der Waals surface area (Å²) in [6, 6.07) is 0.511. The molecule has 0 aromatic carbocycles. The predicted molar refractivity (Wildman–Crippen MR) is 115 cm³/mol. The molecule has 0 spiro atoms. The zero-order valence-corrected chi connectivity index (χ0v) is 17.8. The molecule has 2 rings (SSSR count). The fourth-order valence-corrected chi connectivity index (χ4v) is 4.07. The van der Waals surface area contributed by atoms with Crippen molar-refractivity contribution >= 4 is 0 Å². The highest BCUT2D eigenvalue weighted by atomic mass is 15.4. The van der Waals surface area contributed by atoms with Crippen LogP contribution in [0, 0.1) is 5.92 Å². The largest absolute Gasteiger partial charge is 0.372 e. The zero-order valence-electron chi connectivity index (χ0n) is 17.8. The van der Waals surface area contributed by atoms with E-state index in [4.69, 9.17) is 5.84 Å². The van der Waals surface area contributed by atoms with Gasteiger partial charge in [0, 0.05) is 51.9 Å². The molecule has 0 aromatic rings. The van der Waals surface area contributed by atoms with Gasteiger partial charge < -0.3 is 20.4 Å².